The summed E-state index contributed by atoms with van der Waals surface area (Å²) in [5, 5.41) is 4.56. The van der Waals surface area contributed by atoms with Gasteiger partial charge in [0.1, 0.15) is 6.54 Å². The summed E-state index contributed by atoms with van der Waals surface area (Å²) in [6.45, 7) is 4.07. The van der Waals surface area contributed by atoms with Crippen molar-refractivity contribution in [3.05, 3.63) is 0 Å². The summed E-state index contributed by atoms with van der Waals surface area (Å²) in [5.41, 5.74) is -0.520. The first-order valence-corrected chi connectivity index (χ1v) is 8.71. The molecule has 2 N–H and O–H groups in total. The maximum Gasteiger partial charge on any atom is 0.326 e. The lowest BCUT2D eigenvalue weighted by Crippen LogP contribution is -2.49. The van der Waals surface area contributed by atoms with Crippen LogP contribution in [0.3, 0.4) is 0 Å². The van der Waals surface area contributed by atoms with E-state index in [-0.39, 0.29) is 23.7 Å². The molecule has 1 heterocycles. The number of nitrogens with zero attached hydrogens (tertiary/aromatic N) is 1. The molecule has 0 aromatic carbocycles. The van der Waals surface area contributed by atoms with E-state index < -0.39 is 36.6 Å². The van der Waals surface area contributed by atoms with Crippen molar-refractivity contribution >= 4 is 29.7 Å². The van der Waals surface area contributed by atoms with Gasteiger partial charge in [0, 0.05) is 5.54 Å². The van der Waals surface area contributed by atoms with E-state index in [0.717, 1.165) is 17.7 Å². The van der Waals surface area contributed by atoms with Gasteiger partial charge < -0.3 is 10.1 Å². The van der Waals surface area contributed by atoms with Crippen LogP contribution in [0.5, 0.6) is 0 Å². The number of fused-ring (bicyclic) bond motifs is 1. The Morgan fingerprint density at radius 1 is 1.08 bits per heavy atom. The second-order valence-electron chi connectivity index (χ2n) is 7.67. The highest BCUT2D eigenvalue weighted by molar-refractivity contribution is 6.07. The summed E-state index contributed by atoms with van der Waals surface area (Å²) in [6, 6.07) is -0.701. The van der Waals surface area contributed by atoms with Crippen LogP contribution in [0.2, 0.25) is 0 Å². The molecule has 144 valence electrons. The van der Waals surface area contributed by atoms with Crippen molar-refractivity contribution in [2.45, 2.75) is 52.0 Å². The minimum atomic E-state index is -0.864. The number of esters is 1. The fraction of sp³-hybridized carbons (Fsp3) is 0.706. The molecule has 1 aliphatic carbocycles. The van der Waals surface area contributed by atoms with Gasteiger partial charge in [-0.1, -0.05) is 12.8 Å². The average Bonchev–Trinajstić information content (AvgIpc) is 2.76. The largest absolute Gasteiger partial charge is 0.454 e. The van der Waals surface area contributed by atoms with Crippen LogP contribution in [0.1, 0.15) is 46.5 Å². The number of carbonyl (C=O) groups is 5. The van der Waals surface area contributed by atoms with Crippen LogP contribution in [0, 0.1) is 11.8 Å². The van der Waals surface area contributed by atoms with Gasteiger partial charge in [-0.25, -0.2) is 4.79 Å². The van der Waals surface area contributed by atoms with E-state index in [9.17, 15) is 24.0 Å². The Morgan fingerprint density at radius 2 is 1.62 bits per heavy atom. The Kier molecular flexibility index (Phi) is 5.99. The normalized spacial score (nSPS) is 22.7. The summed E-state index contributed by atoms with van der Waals surface area (Å²) >= 11 is 0. The predicted octanol–water partition coefficient (Wildman–Crippen LogP) is 0.329. The number of hydrogen-bond donors (Lipinski definition) is 2. The molecule has 0 unspecified atom stereocenters. The number of imide groups is 2. The first-order valence-electron chi connectivity index (χ1n) is 8.71. The van der Waals surface area contributed by atoms with Crippen molar-refractivity contribution < 1.29 is 28.7 Å². The highest BCUT2D eigenvalue weighted by Crippen LogP contribution is 2.37. The molecular formula is C17H25N3O6. The van der Waals surface area contributed by atoms with Gasteiger partial charge in [-0.05, 0) is 33.6 Å². The molecule has 2 fully saturated rings. The third-order valence-electron chi connectivity index (χ3n) is 4.33. The number of nitrogens with one attached hydrogen (secondary N) is 2. The highest BCUT2D eigenvalue weighted by Gasteiger charge is 2.48. The monoisotopic (exact) mass is 367 g/mol. The van der Waals surface area contributed by atoms with Gasteiger partial charge in [0.25, 0.3) is 5.91 Å². The Hall–Kier alpha value is -2.45. The number of amides is 5. The molecule has 0 radical (unpaired) electrons. The minimum Gasteiger partial charge on any atom is -0.454 e. The molecule has 0 bridgehead atoms. The minimum absolute atomic E-state index is 0.339. The van der Waals surface area contributed by atoms with Gasteiger partial charge in [-0.15, -0.1) is 0 Å². The van der Waals surface area contributed by atoms with Gasteiger partial charge in [0.05, 0.1) is 11.8 Å². The fourth-order valence-corrected chi connectivity index (χ4v) is 3.24. The van der Waals surface area contributed by atoms with Gasteiger partial charge in [0.15, 0.2) is 6.61 Å². The summed E-state index contributed by atoms with van der Waals surface area (Å²) in [5.74, 6) is -3.03. The van der Waals surface area contributed by atoms with Crippen LogP contribution in [-0.4, -0.2) is 53.3 Å². The lowest BCUT2D eigenvalue weighted by molar-refractivity contribution is -0.154. The summed E-state index contributed by atoms with van der Waals surface area (Å²) in [6.07, 6.45) is 3.11. The van der Waals surface area contributed by atoms with E-state index >= 15 is 0 Å². The lowest BCUT2D eigenvalue weighted by Gasteiger charge is -2.20. The zero-order chi connectivity index (χ0) is 19.5. The van der Waals surface area contributed by atoms with E-state index in [1.807, 2.05) is 5.32 Å². The lowest BCUT2D eigenvalue weighted by atomic mass is 9.81. The van der Waals surface area contributed by atoms with E-state index in [1.54, 1.807) is 20.8 Å². The van der Waals surface area contributed by atoms with E-state index in [2.05, 4.69) is 5.32 Å². The molecule has 0 aromatic heterocycles. The molecular weight excluding hydrogens is 342 g/mol. The highest BCUT2D eigenvalue weighted by atomic mass is 16.5. The maximum atomic E-state index is 12.3. The van der Waals surface area contributed by atoms with E-state index in [1.165, 1.54) is 0 Å². The van der Waals surface area contributed by atoms with Gasteiger partial charge in [-0.2, -0.15) is 0 Å². The quantitative estimate of drug-likeness (QED) is 0.545. The van der Waals surface area contributed by atoms with Gasteiger partial charge in [0.2, 0.25) is 11.8 Å². The number of ether oxygens (including phenoxy) is 1. The van der Waals surface area contributed by atoms with Crippen molar-refractivity contribution in [2.75, 3.05) is 13.2 Å². The Morgan fingerprint density at radius 3 is 2.12 bits per heavy atom. The third kappa shape index (κ3) is 5.03. The molecule has 26 heavy (non-hydrogen) atoms. The molecule has 0 spiro atoms. The van der Waals surface area contributed by atoms with Crippen LogP contribution >= 0.6 is 0 Å². The Bertz CT molecular complexity index is 600. The summed E-state index contributed by atoms with van der Waals surface area (Å²) in [4.78, 5) is 60.5. The molecule has 2 atom stereocenters. The van der Waals surface area contributed by atoms with Crippen molar-refractivity contribution in [2.24, 2.45) is 11.8 Å². The molecule has 0 aromatic rings. The fourth-order valence-electron chi connectivity index (χ4n) is 3.24. The predicted molar refractivity (Wildman–Crippen MR) is 89.6 cm³/mol. The number of rotatable bonds is 4. The zero-order valence-corrected chi connectivity index (χ0v) is 15.3. The smallest absolute Gasteiger partial charge is 0.326 e. The molecule has 9 heteroatoms. The topological polar surface area (TPSA) is 122 Å². The number of urea groups is 1. The van der Waals surface area contributed by atoms with Crippen LogP contribution in [0.25, 0.3) is 0 Å². The molecule has 1 saturated carbocycles. The zero-order valence-electron chi connectivity index (χ0n) is 15.3. The standard InChI is InChI=1S/C17H25N3O6/c1-17(2,3)19-16(25)18-12(21)9-26-13(22)8-20-14(23)10-6-4-5-7-11(10)15(20)24/h10-11H,4-9H2,1-3H3,(H2,18,19,21,25)/t10-,11-/m1/s1. The van der Waals surface area contributed by atoms with Crippen LogP contribution in [0.4, 0.5) is 4.79 Å². The van der Waals surface area contributed by atoms with Gasteiger partial charge in [-0.3, -0.25) is 29.4 Å². The van der Waals surface area contributed by atoms with Crippen molar-refractivity contribution in [3.63, 3.8) is 0 Å². The average molecular weight is 367 g/mol. The molecule has 1 saturated heterocycles. The van der Waals surface area contributed by atoms with Crippen LogP contribution < -0.4 is 10.6 Å². The molecule has 2 aliphatic rings. The van der Waals surface area contributed by atoms with Crippen molar-refractivity contribution in [3.8, 4) is 0 Å². The van der Waals surface area contributed by atoms with E-state index in [0.29, 0.717) is 12.8 Å². The van der Waals surface area contributed by atoms with Gasteiger partial charge >= 0.3 is 12.0 Å². The molecule has 5 amide bonds. The molecule has 1 aliphatic heterocycles. The summed E-state index contributed by atoms with van der Waals surface area (Å²) in [7, 11) is 0. The Labute approximate surface area is 151 Å². The van der Waals surface area contributed by atoms with Crippen molar-refractivity contribution in [1.29, 1.82) is 0 Å². The first kappa shape index (κ1) is 19.9. The Balaban J connectivity index is 1.78. The number of hydrogen-bond acceptors (Lipinski definition) is 6. The second-order valence-corrected chi connectivity index (χ2v) is 7.67. The molecule has 9 nitrogen and oxygen atoms in total. The third-order valence-corrected chi connectivity index (χ3v) is 4.33. The number of carbonyl (C=O) groups excluding carboxylic acids is 5. The summed E-state index contributed by atoms with van der Waals surface area (Å²) < 4.78 is 4.77. The van der Waals surface area contributed by atoms with Crippen molar-refractivity contribution in [1.82, 2.24) is 15.5 Å². The maximum absolute atomic E-state index is 12.3. The SMILES string of the molecule is CC(C)(C)NC(=O)NC(=O)COC(=O)CN1C(=O)[C@@H]2CCCC[C@H]2C1=O. The second kappa shape index (κ2) is 7.84. The van der Waals surface area contributed by atoms with E-state index in [4.69, 9.17) is 4.74 Å². The van der Waals surface area contributed by atoms with Crippen LogP contribution in [-0.2, 0) is 23.9 Å². The first-order chi connectivity index (χ1) is 12.1. The number of likely N-dealkylation sites (tertiary alicyclic amines) is 1. The van der Waals surface area contributed by atoms with Crippen LogP contribution in [0.15, 0.2) is 0 Å². The molecule has 2 rings (SSSR count).